The molecule has 3 aromatic rings. The van der Waals surface area contributed by atoms with E-state index in [0.29, 0.717) is 13.1 Å². The summed E-state index contributed by atoms with van der Waals surface area (Å²) in [6.07, 6.45) is 0. The van der Waals surface area contributed by atoms with Gasteiger partial charge in [0.1, 0.15) is 5.69 Å². The second-order valence-corrected chi connectivity index (χ2v) is 8.72. The average molecular weight is 411 g/mol. The Morgan fingerprint density at radius 1 is 1.04 bits per heavy atom. The van der Waals surface area contributed by atoms with Crippen molar-refractivity contribution < 1.29 is 4.79 Å². The third kappa shape index (κ3) is 4.05. The molecule has 5 nitrogen and oxygen atoms in total. The Bertz CT molecular complexity index is 920. The van der Waals surface area contributed by atoms with Crippen LogP contribution in [0.4, 0.5) is 5.82 Å². The lowest BCUT2D eigenvalue weighted by atomic mass is 10.2. The minimum atomic E-state index is 0.121. The molecule has 1 aliphatic rings. The molecule has 3 heterocycles. The fraction of sp³-hybridized carbons (Fsp3) is 0.286. The van der Waals surface area contributed by atoms with Crippen molar-refractivity contribution in [1.29, 1.82) is 0 Å². The summed E-state index contributed by atoms with van der Waals surface area (Å²) in [5.41, 5.74) is 1.71. The van der Waals surface area contributed by atoms with Gasteiger partial charge < -0.3 is 9.80 Å². The molecule has 0 unspecified atom stereocenters. The molecule has 1 aromatic carbocycles. The van der Waals surface area contributed by atoms with Crippen LogP contribution >= 0.6 is 23.1 Å². The number of anilines is 1. The molecule has 1 aliphatic heterocycles. The van der Waals surface area contributed by atoms with Gasteiger partial charge in [0, 0.05) is 31.1 Å². The molecule has 1 saturated heterocycles. The molecule has 4 rings (SSSR count). The van der Waals surface area contributed by atoms with Gasteiger partial charge in [-0.2, -0.15) is 0 Å². The Hall–Kier alpha value is -2.38. The van der Waals surface area contributed by atoms with Crippen LogP contribution in [0.15, 0.2) is 58.8 Å². The van der Waals surface area contributed by atoms with E-state index in [9.17, 15) is 4.79 Å². The van der Waals surface area contributed by atoms with Crippen LogP contribution in [0.2, 0.25) is 0 Å². The molecule has 0 N–H and O–H groups in total. The molecule has 0 radical (unpaired) electrons. The van der Waals surface area contributed by atoms with Crippen molar-refractivity contribution in [3.63, 3.8) is 0 Å². The first-order chi connectivity index (χ1) is 13.8. The third-order valence-electron chi connectivity index (χ3n) is 4.73. The number of hydrogen-bond donors (Lipinski definition) is 0. The van der Waals surface area contributed by atoms with Gasteiger partial charge in [0.25, 0.3) is 5.91 Å². The molecule has 7 heteroatoms. The highest BCUT2D eigenvalue weighted by molar-refractivity contribution is 7.99. The predicted octanol–water partition coefficient (Wildman–Crippen LogP) is 4.28. The Kier molecular flexibility index (Phi) is 5.92. The van der Waals surface area contributed by atoms with Gasteiger partial charge in [-0.25, -0.2) is 0 Å². The fourth-order valence-corrected chi connectivity index (χ4v) is 4.77. The fourth-order valence-electron chi connectivity index (χ4n) is 3.28. The maximum Gasteiger partial charge on any atom is 0.255 e. The number of thioether (sulfide) groups is 1. The van der Waals surface area contributed by atoms with Crippen LogP contribution in [0.3, 0.4) is 0 Å². The molecule has 0 aliphatic carbocycles. The largest absolute Gasteiger partial charge is 0.352 e. The minimum absolute atomic E-state index is 0.121. The number of thiophene rings is 1. The summed E-state index contributed by atoms with van der Waals surface area (Å²) >= 11 is 3.38. The number of amides is 1. The number of nitrogens with zero attached hydrogens (tertiary/aromatic N) is 4. The van der Waals surface area contributed by atoms with E-state index in [1.807, 2.05) is 58.8 Å². The topological polar surface area (TPSA) is 49.3 Å². The highest BCUT2D eigenvalue weighted by atomic mass is 32.2. The van der Waals surface area contributed by atoms with E-state index < -0.39 is 0 Å². The lowest BCUT2D eigenvalue weighted by molar-refractivity contribution is 0.0743. The summed E-state index contributed by atoms with van der Waals surface area (Å²) in [6.45, 7) is 5.02. The standard InChI is InChI=1S/C21H22N4OS2/c1-2-27-18-7-4-3-6-16(18)21(26)25-13-11-24(12-14-25)20-10-9-17(22-23-20)19-8-5-15-28-19/h3-10,15H,2,11-14H2,1H3. The maximum absolute atomic E-state index is 13.0. The summed E-state index contributed by atoms with van der Waals surface area (Å²) in [6, 6.07) is 16.0. The molecule has 0 atom stereocenters. The summed E-state index contributed by atoms with van der Waals surface area (Å²) < 4.78 is 0. The van der Waals surface area contributed by atoms with Crippen LogP contribution in [0.25, 0.3) is 10.6 Å². The summed E-state index contributed by atoms with van der Waals surface area (Å²) in [5, 5.41) is 10.8. The predicted molar refractivity (Wildman–Crippen MR) is 116 cm³/mol. The van der Waals surface area contributed by atoms with Gasteiger partial charge in [0.2, 0.25) is 0 Å². The van der Waals surface area contributed by atoms with Gasteiger partial charge in [-0.15, -0.1) is 33.3 Å². The van der Waals surface area contributed by atoms with E-state index in [1.54, 1.807) is 23.1 Å². The van der Waals surface area contributed by atoms with Crippen molar-refractivity contribution in [3.8, 4) is 10.6 Å². The van der Waals surface area contributed by atoms with E-state index in [2.05, 4.69) is 22.0 Å². The van der Waals surface area contributed by atoms with Crippen LogP contribution in [-0.2, 0) is 0 Å². The van der Waals surface area contributed by atoms with E-state index >= 15 is 0 Å². The van der Waals surface area contributed by atoms with Crippen LogP contribution < -0.4 is 4.90 Å². The zero-order valence-corrected chi connectivity index (χ0v) is 17.4. The van der Waals surface area contributed by atoms with Crippen molar-refractivity contribution in [2.45, 2.75) is 11.8 Å². The van der Waals surface area contributed by atoms with Crippen molar-refractivity contribution >= 4 is 34.8 Å². The number of aromatic nitrogens is 2. The lowest BCUT2D eigenvalue weighted by Crippen LogP contribution is -2.49. The zero-order chi connectivity index (χ0) is 19.3. The first-order valence-corrected chi connectivity index (χ1v) is 11.3. The first-order valence-electron chi connectivity index (χ1n) is 9.40. The van der Waals surface area contributed by atoms with Crippen LogP contribution in [0, 0.1) is 0 Å². The lowest BCUT2D eigenvalue weighted by Gasteiger charge is -2.35. The van der Waals surface area contributed by atoms with Crippen molar-refractivity contribution in [2.75, 3.05) is 36.8 Å². The number of rotatable bonds is 5. The molecule has 1 amide bonds. The second-order valence-electron chi connectivity index (χ2n) is 6.46. The smallest absolute Gasteiger partial charge is 0.255 e. The normalized spacial score (nSPS) is 14.3. The van der Waals surface area contributed by atoms with Crippen LogP contribution in [-0.4, -0.2) is 52.9 Å². The highest BCUT2D eigenvalue weighted by Crippen LogP contribution is 2.25. The molecule has 1 fully saturated rings. The van der Waals surface area contributed by atoms with Crippen molar-refractivity contribution in [2.24, 2.45) is 0 Å². The maximum atomic E-state index is 13.0. The van der Waals surface area contributed by atoms with E-state index in [0.717, 1.165) is 45.7 Å². The number of piperazine rings is 1. The summed E-state index contributed by atoms with van der Waals surface area (Å²) in [4.78, 5) is 19.3. The SMILES string of the molecule is CCSc1ccccc1C(=O)N1CCN(c2ccc(-c3cccs3)nn2)CC1. The quantitative estimate of drug-likeness (QED) is 0.588. The molecule has 0 spiro atoms. The van der Waals surface area contributed by atoms with Crippen molar-refractivity contribution in [3.05, 3.63) is 59.5 Å². The van der Waals surface area contributed by atoms with Gasteiger partial charge in [0.15, 0.2) is 5.82 Å². The van der Waals surface area contributed by atoms with Gasteiger partial charge in [0.05, 0.1) is 10.4 Å². The molecule has 28 heavy (non-hydrogen) atoms. The molecule has 0 bridgehead atoms. The summed E-state index contributed by atoms with van der Waals surface area (Å²) in [7, 11) is 0. The van der Waals surface area contributed by atoms with Gasteiger partial charge in [-0.3, -0.25) is 4.79 Å². The summed E-state index contributed by atoms with van der Waals surface area (Å²) in [5.74, 6) is 1.95. The average Bonchev–Trinajstić information content (AvgIpc) is 3.29. The van der Waals surface area contributed by atoms with Gasteiger partial charge in [-0.05, 0) is 41.5 Å². The van der Waals surface area contributed by atoms with E-state index in [-0.39, 0.29) is 5.91 Å². The number of hydrogen-bond acceptors (Lipinski definition) is 6. The van der Waals surface area contributed by atoms with E-state index in [1.165, 1.54) is 0 Å². The molecular formula is C21H22N4OS2. The van der Waals surface area contributed by atoms with Crippen LogP contribution in [0.1, 0.15) is 17.3 Å². The molecule has 2 aromatic heterocycles. The Morgan fingerprint density at radius 3 is 2.54 bits per heavy atom. The number of carbonyl (C=O) groups excluding carboxylic acids is 1. The number of carbonyl (C=O) groups is 1. The monoisotopic (exact) mass is 410 g/mol. The molecule has 144 valence electrons. The molecular weight excluding hydrogens is 388 g/mol. The van der Waals surface area contributed by atoms with Gasteiger partial charge >= 0.3 is 0 Å². The Labute approximate surface area is 173 Å². The third-order valence-corrected chi connectivity index (χ3v) is 6.58. The minimum Gasteiger partial charge on any atom is -0.352 e. The Balaban J connectivity index is 1.40. The van der Waals surface area contributed by atoms with Crippen molar-refractivity contribution in [1.82, 2.24) is 15.1 Å². The second kappa shape index (κ2) is 8.75. The van der Waals surface area contributed by atoms with E-state index in [4.69, 9.17) is 0 Å². The van der Waals surface area contributed by atoms with Crippen LogP contribution in [0.5, 0.6) is 0 Å². The zero-order valence-electron chi connectivity index (χ0n) is 15.7. The Morgan fingerprint density at radius 2 is 1.86 bits per heavy atom. The first kappa shape index (κ1) is 19.0. The number of benzene rings is 1. The van der Waals surface area contributed by atoms with Gasteiger partial charge in [-0.1, -0.05) is 25.1 Å². The molecule has 0 saturated carbocycles. The highest BCUT2D eigenvalue weighted by Gasteiger charge is 2.24.